The summed E-state index contributed by atoms with van der Waals surface area (Å²) in [5, 5.41) is 9.38. The standard InChI is InChI=1S/C20H27NO2/c1-19(2,3)15-11-16(13-6-8-20(4,5)9-7-13)21-17-10-14(12-22)23-18(15)17/h6,10-11,22H,7-9,12H2,1-5H3. The van der Waals surface area contributed by atoms with E-state index < -0.39 is 0 Å². The van der Waals surface area contributed by atoms with Crippen LogP contribution in [-0.4, -0.2) is 10.1 Å². The highest BCUT2D eigenvalue weighted by Crippen LogP contribution is 2.39. The van der Waals surface area contributed by atoms with Crippen LogP contribution in [0.2, 0.25) is 0 Å². The van der Waals surface area contributed by atoms with E-state index in [9.17, 15) is 5.11 Å². The molecule has 3 heteroatoms. The lowest BCUT2D eigenvalue weighted by molar-refractivity contribution is 0.250. The number of nitrogens with zero attached hydrogens (tertiary/aromatic N) is 1. The average molecular weight is 313 g/mol. The number of aliphatic hydroxyl groups excluding tert-OH is 1. The molecule has 1 N–H and O–H groups in total. The van der Waals surface area contributed by atoms with Crippen molar-refractivity contribution in [1.29, 1.82) is 0 Å². The maximum atomic E-state index is 9.38. The fourth-order valence-corrected chi connectivity index (χ4v) is 3.18. The monoisotopic (exact) mass is 313 g/mol. The Morgan fingerprint density at radius 3 is 2.57 bits per heavy atom. The summed E-state index contributed by atoms with van der Waals surface area (Å²) in [5.41, 5.74) is 5.56. The van der Waals surface area contributed by atoms with E-state index >= 15 is 0 Å². The van der Waals surface area contributed by atoms with Crippen LogP contribution >= 0.6 is 0 Å². The molecule has 2 heterocycles. The maximum absolute atomic E-state index is 9.38. The second-order valence-electron chi connectivity index (χ2n) is 8.49. The summed E-state index contributed by atoms with van der Waals surface area (Å²) >= 11 is 0. The summed E-state index contributed by atoms with van der Waals surface area (Å²) in [6, 6.07) is 4.04. The molecule has 1 aliphatic carbocycles. The van der Waals surface area contributed by atoms with Crippen LogP contribution in [0.4, 0.5) is 0 Å². The van der Waals surface area contributed by atoms with Gasteiger partial charge >= 0.3 is 0 Å². The molecule has 0 bridgehead atoms. The van der Waals surface area contributed by atoms with E-state index in [0.717, 1.165) is 35.2 Å². The molecule has 0 atom stereocenters. The number of hydrogen-bond donors (Lipinski definition) is 1. The molecule has 0 fully saturated rings. The van der Waals surface area contributed by atoms with Gasteiger partial charge in [0, 0.05) is 11.6 Å². The second-order valence-corrected chi connectivity index (χ2v) is 8.49. The molecule has 0 aliphatic heterocycles. The lowest BCUT2D eigenvalue weighted by Crippen LogP contribution is -2.16. The van der Waals surface area contributed by atoms with Crippen molar-refractivity contribution in [2.45, 2.75) is 65.9 Å². The summed E-state index contributed by atoms with van der Waals surface area (Å²) in [6.45, 7) is 11.1. The van der Waals surface area contributed by atoms with Crippen molar-refractivity contribution in [2.24, 2.45) is 5.41 Å². The highest BCUT2D eigenvalue weighted by atomic mass is 16.4. The van der Waals surface area contributed by atoms with Crippen molar-refractivity contribution in [1.82, 2.24) is 4.98 Å². The minimum Gasteiger partial charge on any atom is -0.457 e. The fraction of sp³-hybridized carbons (Fsp3) is 0.550. The van der Waals surface area contributed by atoms with Gasteiger partial charge in [0.05, 0.1) is 5.69 Å². The number of furan rings is 1. The average Bonchev–Trinajstić information content (AvgIpc) is 2.88. The summed E-state index contributed by atoms with van der Waals surface area (Å²) in [5.74, 6) is 0.578. The van der Waals surface area contributed by atoms with Gasteiger partial charge in [-0.3, -0.25) is 0 Å². The van der Waals surface area contributed by atoms with Gasteiger partial charge < -0.3 is 9.52 Å². The minimum absolute atomic E-state index is 0.0327. The van der Waals surface area contributed by atoms with Crippen molar-refractivity contribution < 1.29 is 9.52 Å². The number of aromatic nitrogens is 1. The first-order valence-electron chi connectivity index (χ1n) is 8.44. The van der Waals surface area contributed by atoms with Gasteiger partial charge in [-0.2, -0.15) is 0 Å². The first-order valence-corrected chi connectivity index (χ1v) is 8.44. The smallest absolute Gasteiger partial charge is 0.156 e. The number of pyridine rings is 1. The van der Waals surface area contributed by atoms with Crippen LogP contribution in [0.5, 0.6) is 0 Å². The van der Waals surface area contributed by atoms with Gasteiger partial charge in [-0.05, 0) is 41.7 Å². The lowest BCUT2D eigenvalue weighted by Gasteiger charge is -2.29. The van der Waals surface area contributed by atoms with Crippen LogP contribution in [0.15, 0.2) is 22.6 Å². The maximum Gasteiger partial charge on any atom is 0.156 e. The Kier molecular flexibility index (Phi) is 3.88. The number of rotatable bonds is 2. The van der Waals surface area contributed by atoms with Gasteiger partial charge in [-0.1, -0.05) is 40.7 Å². The van der Waals surface area contributed by atoms with Crippen LogP contribution in [0.1, 0.15) is 70.9 Å². The number of hydrogen-bond acceptors (Lipinski definition) is 3. The molecule has 3 rings (SSSR count). The molecule has 124 valence electrons. The number of allylic oxidation sites excluding steroid dienone is 2. The third-order valence-electron chi connectivity index (χ3n) is 4.80. The van der Waals surface area contributed by atoms with E-state index in [-0.39, 0.29) is 12.0 Å². The Balaban J connectivity index is 2.14. The zero-order valence-electron chi connectivity index (χ0n) is 14.9. The van der Waals surface area contributed by atoms with E-state index in [0.29, 0.717) is 11.2 Å². The minimum atomic E-state index is -0.0911. The molecular formula is C20H27NO2. The van der Waals surface area contributed by atoms with Crippen LogP contribution in [0.25, 0.3) is 16.7 Å². The van der Waals surface area contributed by atoms with Gasteiger partial charge in [0.2, 0.25) is 0 Å². The van der Waals surface area contributed by atoms with Gasteiger partial charge in [0.25, 0.3) is 0 Å². The molecule has 0 spiro atoms. The highest BCUT2D eigenvalue weighted by Gasteiger charge is 2.26. The van der Waals surface area contributed by atoms with Gasteiger partial charge in [0.1, 0.15) is 17.9 Å². The van der Waals surface area contributed by atoms with E-state index in [1.165, 1.54) is 12.0 Å². The van der Waals surface area contributed by atoms with Crippen LogP contribution in [-0.2, 0) is 12.0 Å². The number of aliphatic hydroxyl groups is 1. The zero-order chi connectivity index (χ0) is 16.8. The van der Waals surface area contributed by atoms with Gasteiger partial charge in [0.15, 0.2) is 5.58 Å². The largest absolute Gasteiger partial charge is 0.457 e. The Bertz CT molecular complexity index is 760. The van der Waals surface area contributed by atoms with E-state index in [2.05, 4.69) is 46.8 Å². The Morgan fingerprint density at radius 2 is 2.00 bits per heavy atom. The van der Waals surface area contributed by atoms with Crippen LogP contribution < -0.4 is 0 Å². The van der Waals surface area contributed by atoms with Crippen LogP contribution in [0, 0.1) is 5.41 Å². The summed E-state index contributed by atoms with van der Waals surface area (Å²) in [4.78, 5) is 4.82. The first kappa shape index (κ1) is 16.3. The third-order valence-corrected chi connectivity index (χ3v) is 4.80. The quantitative estimate of drug-likeness (QED) is 0.827. The molecular weight excluding hydrogens is 286 g/mol. The van der Waals surface area contributed by atoms with Crippen molar-refractivity contribution >= 4 is 16.7 Å². The van der Waals surface area contributed by atoms with E-state index in [1.807, 2.05) is 6.07 Å². The van der Waals surface area contributed by atoms with Gasteiger partial charge in [-0.25, -0.2) is 4.98 Å². The highest BCUT2D eigenvalue weighted by molar-refractivity contribution is 5.81. The molecule has 0 saturated heterocycles. The van der Waals surface area contributed by atoms with Crippen LogP contribution in [0.3, 0.4) is 0 Å². The molecule has 0 aromatic carbocycles. The molecule has 2 aromatic heterocycles. The molecule has 0 saturated carbocycles. The Morgan fingerprint density at radius 1 is 1.26 bits per heavy atom. The lowest BCUT2D eigenvalue weighted by atomic mass is 9.77. The Hall–Kier alpha value is -1.61. The first-order chi connectivity index (χ1) is 10.7. The number of fused-ring (bicyclic) bond motifs is 1. The van der Waals surface area contributed by atoms with E-state index in [4.69, 9.17) is 9.40 Å². The second kappa shape index (κ2) is 5.48. The summed E-state index contributed by atoms with van der Waals surface area (Å²) in [6.07, 6.45) is 5.70. The SMILES string of the molecule is CC1(C)CC=C(c2cc(C(C)(C)C)c3oc(CO)cc3n2)CC1. The molecule has 0 radical (unpaired) electrons. The molecule has 0 amide bonds. The summed E-state index contributed by atoms with van der Waals surface area (Å²) < 4.78 is 5.82. The van der Waals surface area contributed by atoms with Crippen molar-refractivity contribution in [2.75, 3.05) is 0 Å². The fourth-order valence-electron chi connectivity index (χ4n) is 3.18. The topological polar surface area (TPSA) is 46.3 Å². The third kappa shape index (κ3) is 3.20. The van der Waals surface area contributed by atoms with Crippen molar-refractivity contribution in [3.8, 4) is 0 Å². The predicted octanol–water partition coefficient (Wildman–Crippen LogP) is 5.21. The molecule has 23 heavy (non-hydrogen) atoms. The normalized spacial score (nSPS) is 18.3. The van der Waals surface area contributed by atoms with E-state index in [1.54, 1.807) is 0 Å². The zero-order valence-corrected chi connectivity index (χ0v) is 14.9. The van der Waals surface area contributed by atoms with Gasteiger partial charge in [-0.15, -0.1) is 0 Å². The van der Waals surface area contributed by atoms with Crippen molar-refractivity contribution in [3.05, 3.63) is 35.2 Å². The molecule has 0 unspecified atom stereocenters. The Labute approximate surface area is 138 Å². The predicted molar refractivity (Wildman–Crippen MR) is 94.2 cm³/mol. The molecule has 3 nitrogen and oxygen atoms in total. The van der Waals surface area contributed by atoms with Crippen molar-refractivity contribution in [3.63, 3.8) is 0 Å². The molecule has 1 aliphatic rings. The summed E-state index contributed by atoms with van der Waals surface area (Å²) in [7, 11) is 0. The molecule has 2 aromatic rings.